The summed E-state index contributed by atoms with van der Waals surface area (Å²) in [7, 11) is 0. The van der Waals surface area contributed by atoms with Gasteiger partial charge in [-0.2, -0.15) is 0 Å². The van der Waals surface area contributed by atoms with Crippen LogP contribution >= 0.6 is 0 Å². The lowest BCUT2D eigenvalue weighted by molar-refractivity contribution is -0.134. The van der Waals surface area contributed by atoms with E-state index in [1.807, 2.05) is 6.08 Å². The van der Waals surface area contributed by atoms with Gasteiger partial charge in [0, 0.05) is 19.3 Å². The first-order valence-corrected chi connectivity index (χ1v) is 10.4. The molecular weight excluding hydrogens is 336 g/mol. The summed E-state index contributed by atoms with van der Waals surface area (Å²) in [5, 5.41) is 0. The maximum absolute atomic E-state index is 12.0. The second-order valence-electron chi connectivity index (χ2n) is 9.64. The fraction of sp³-hybridized carbons (Fsp3) is 0.667. The van der Waals surface area contributed by atoms with E-state index >= 15 is 0 Å². The Kier molecular flexibility index (Phi) is 4.37. The Morgan fingerprint density at radius 2 is 2.00 bits per heavy atom. The number of ketones is 1. The maximum atomic E-state index is 12.0. The van der Waals surface area contributed by atoms with Gasteiger partial charge in [0.1, 0.15) is 6.11 Å². The molecule has 0 radical (unpaired) electrons. The first-order valence-electron chi connectivity index (χ1n) is 10.4. The highest BCUT2D eigenvalue weighted by Crippen LogP contribution is 2.67. The van der Waals surface area contributed by atoms with Crippen molar-refractivity contribution in [2.45, 2.75) is 65.7 Å². The van der Waals surface area contributed by atoms with Crippen molar-refractivity contribution in [3.8, 4) is 12.0 Å². The van der Waals surface area contributed by atoms with Gasteiger partial charge < -0.3 is 4.74 Å². The van der Waals surface area contributed by atoms with E-state index in [9.17, 15) is 9.59 Å². The third-order valence-electron chi connectivity index (χ3n) is 8.36. The molecule has 0 saturated heterocycles. The molecule has 27 heavy (non-hydrogen) atoms. The van der Waals surface area contributed by atoms with Crippen LogP contribution in [0.4, 0.5) is 0 Å². The van der Waals surface area contributed by atoms with Crippen molar-refractivity contribution < 1.29 is 14.3 Å². The molecule has 0 aromatic carbocycles. The highest BCUT2D eigenvalue weighted by Gasteiger charge is 2.59. The summed E-state index contributed by atoms with van der Waals surface area (Å²) in [6, 6.07) is 0. The van der Waals surface area contributed by atoms with Crippen LogP contribution in [0.2, 0.25) is 0 Å². The molecule has 0 spiro atoms. The molecule has 3 saturated carbocycles. The zero-order valence-electron chi connectivity index (χ0n) is 16.8. The molecule has 3 nitrogen and oxygen atoms in total. The molecule has 6 atom stereocenters. The van der Waals surface area contributed by atoms with E-state index in [0.29, 0.717) is 30.1 Å². The lowest BCUT2D eigenvalue weighted by atomic mass is 9.46. The molecule has 0 aliphatic heterocycles. The van der Waals surface area contributed by atoms with Crippen molar-refractivity contribution in [1.82, 2.24) is 0 Å². The normalized spacial score (nSPS) is 42.9. The highest BCUT2D eigenvalue weighted by atomic mass is 16.5. The van der Waals surface area contributed by atoms with Gasteiger partial charge in [-0.1, -0.05) is 31.9 Å². The Hall–Kier alpha value is -1.82. The number of esters is 1. The Morgan fingerprint density at radius 3 is 2.74 bits per heavy atom. The Balaban J connectivity index is 1.63. The van der Waals surface area contributed by atoms with E-state index in [0.717, 1.165) is 19.3 Å². The van der Waals surface area contributed by atoms with E-state index in [2.05, 4.69) is 32.5 Å². The highest BCUT2D eigenvalue weighted by molar-refractivity contribution is 5.92. The molecule has 0 amide bonds. The maximum Gasteiger partial charge on any atom is 0.316 e. The van der Waals surface area contributed by atoms with Crippen molar-refractivity contribution in [2.75, 3.05) is 0 Å². The molecule has 0 aromatic heterocycles. The number of carbonyl (C=O) groups is 2. The van der Waals surface area contributed by atoms with Gasteiger partial charge in [0.25, 0.3) is 0 Å². The molecule has 144 valence electrons. The van der Waals surface area contributed by atoms with Crippen molar-refractivity contribution in [3.63, 3.8) is 0 Å². The molecule has 4 rings (SSSR count). The standard InChI is InChI=1S/C24H30O3/c1-15-13-19-20-6-5-17(9-12-27-16(2)25)23(20,3)11-8-21(19)24(4)10-7-18(26)14-22(15)24/h14,17,19-21H,1,5-8,10-11,13H2,2-4H3/t17?,19-,20-,21+,23+,24+/m0/s1. The smallest absolute Gasteiger partial charge is 0.316 e. The zero-order valence-corrected chi connectivity index (χ0v) is 16.8. The molecule has 1 unspecified atom stereocenters. The molecule has 0 bridgehead atoms. The molecule has 0 aromatic rings. The van der Waals surface area contributed by atoms with Gasteiger partial charge in [0.2, 0.25) is 0 Å². The Bertz CT molecular complexity index is 794. The molecule has 4 aliphatic carbocycles. The topological polar surface area (TPSA) is 43.4 Å². The fourth-order valence-corrected chi connectivity index (χ4v) is 6.97. The minimum Gasteiger partial charge on any atom is -0.372 e. The number of ether oxygens (including phenoxy) is 1. The summed E-state index contributed by atoms with van der Waals surface area (Å²) in [5.74, 6) is 5.40. The van der Waals surface area contributed by atoms with Crippen LogP contribution in [0.25, 0.3) is 0 Å². The summed E-state index contributed by atoms with van der Waals surface area (Å²) >= 11 is 0. The van der Waals surface area contributed by atoms with Crippen molar-refractivity contribution >= 4 is 11.8 Å². The van der Waals surface area contributed by atoms with Gasteiger partial charge in [0.05, 0.1) is 0 Å². The average molecular weight is 367 g/mol. The Morgan fingerprint density at radius 1 is 1.22 bits per heavy atom. The summed E-state index contributed by atoms with van der Waals surface area (Å²) < 4.78 is 4.90. The molecule has 4 aliphatic rings. The second-order valence-corrected chi connectivity index (χ2v) is 9.64. The molecule has 0 N–H and O–H groups in total. The lowest BCUT2D eigenvalue weighted by Crippen LogP contribution is -2.50. The first-order chi connectivity index (χ1) is 12.8. The molecular formula is C24H30O3. The van der Waals surface area contributed by atoms with Crippen molar-refractivity contribution in [3.05, 3.63) is 23.8 Å². The van der Waals surface area contributed by atoms with Gasteiger partial charge >= 0.3 is 5.97 Å². The number of hydrogen-bond donors (Lipinski definition) is 0. The molecule has 0 heterocycles. The van der Waals surface area contributed by atoms with Crippen molar-refractivity contribution in [1.29, 1.82) is 0 Å². The number of rotatable bonds is 0. The summed E-state index contributed by atoms with van der Waals surface area (Å²) in [5.41, 5.74) is 2.73. The number of hydrogen-bond acceptors (Lipinski definition) is 3. The lowest BCUT2D eigenvalue weighted by Gasteiger charge is -2.58. The minimum absolute atomic E-state index is 0.108. The minimum atomic E-state index is -0.339. The van der Waals surface area contributed by atoms with Crippen LogP contribution in [-0.4, -0.2) is 11.8 Å². The Labute approximate surface area is 162 Å². The molecule has 3 heteroatoms. The predicted molar refractivity (Wildman–Crippen MR) is 104 cm³/mol. The quantitative estimate of drug-likeness (QED) is 0.456. The summed E-state index contributed by atoms with van der Waals surface area (Å²) in [6.45, 7) is 10.6. The summed E-state index contributed by atoms with van der Waals surface area (Å²) in [4.78, 5) is 23.1. The van der Waals surface area contributed by atoms with E-state index in [1.54, 1.807) is 0 Å². The van der Waals surface area contributed by atoms with Gasteiger partial charge in [-0.15, -0.1) is 0 Å². The fourth-order valence-electron chi connectivity index (χ4n) is 6.97. The predicted octanol–water partition coefficient (Wildman–Crippen LogP) is 4.82. The molecule has 3 fully saturated rings. The van der Waals surface area contributed by atoms with Gasteiger partial charge in [-0.25, -0.2) is 0 Å². The van der Waals surface area contributed by atoms with E-state index in [4.69, 9.17) is 4.74 Å². The number of allylic oxidation sites excluding steroid dienone is 2. The number of carbonyl (C=O) groups excluding carboxylic acids is 2. The SMILES string of the molecule is C=C1C[C@@H]2[C@@H](CC[C@]3(C)C(C#COC(C)=O)CC[C@@H]23)[C@@]2(C)CCC(=O)C=C12. The average Bonchev–Trinajstić information content (AvgIpc) is 2.93. The summed E-state index contributed by atoms with van der Waals surface area (Å²) in [6.07, 6.45) is 11.9. The van der Waals surface area contributed by atoms with Gasteiger partial charge in [0.15, 0.2) is 5.78 Å². The van der Waals surface area contributed by atoms with Crippen LogP contribution in [0.15, 0.2) is 23.8 Å². The van der Waals surface area contributed by atoms with Gasteiger partial charge in [-0.3, -0.25) is 9.59 Å². The number of fused-ring (bicyclic) bond motifs is 5. The van der Waals surface area contributed by atoms with Crippen LogP contribution in [0.5, 0.6) is 0 Å². The van der Waals surface area contributed by atoms with E-state index in [1.165, 1.54) is 37.3 Å². The van der Waals surface area contributed by atoms with E-state index in [-0.39, 0.29) is 22.6 Å². The monoisotopic (exact) mass is 366 g/mol. The van der Waals surface area contributed by atoms with Crippen LogP contribution in [0, 0.1) is 46.5 Å². The van der Waals surface area contributed by atoms with Crippen LogP contribution < -0.4 is 0 Å². The largest absolute Gasteiger partial charge is 0.372 e. The second kappa shape index (κ2) is 6.36. The third-order valence-corrected chi connectivity index (χ3v) is 8.36. The van der Waals surface area contributed by atoms with Crippen LogP contribution in [0.3, 0.4) is 0 Å². The van der Waals surface area contributed by atoms with Crippen molar-refractivity contribution in [2.24, 2.45) is 34.5 Å². The third kappa shape index (κ3) is 2.80. The van der Waals surface area contributed by atoms with E-state index < -0.39 is 0 Å². The zero-order chi connectivity index (χ0) is 19.4. The first kappa shape index (κ1) is 18.5. The van der Waals surface area contributed by atoms with Crippen LogP contribution in [-0.2, 0) is 14.3 Å². The van der Waals surface area contributed by atoms with Crippen LogP contribution in [0.1, 0.15) is 65.7 Å². The van der Waals surface area contributed by atoms with Gasteiger partial charge in [-0.05, 0) is 78.8 Å².